The van der Waals surface area contributed by atoms with Crippen molar-refractivity contribution in [1.82, 2.24) is 5.48 Å². The van der Waals surface area contributed by atoms with E-state index < -0.39 is 6.09 Å². The van der Waals surface area contributed by atoms with Gasteiger partial charge in [-0.05, 0) is 66.8 Å². The van der Waals surface area contributed by atoms with Gasteiger partial charge in [0, 0.05) is 11.4 Å². The summed E-state index contributed by atoms with van der Waals surface area (Å²) < 4.78 is 4.82. The summed E-state index contributed by atoms with van der Waals surface area (Å²) in [6, 6.07) is 15.4. The monoisotopic (exact) mass is 415 g/mol. The number of nitrogens with two attached hydrogens (primary N) is 1. The van der Waals surface area contributed by atoms with Gasteiger partial charge in [0.05, 0.1) is 5.69 Å². The number of hydrogen-bond donors (Lipinski definition) is 3. The van der Waals surface area contributed by atoms with E-state index in [0.29, 0.717) is 29.1 Å². The molecule has 0 radical (unpaired) electrons. The highest BCUT2D eigenvalue weighted by Gasteiger charge is 2.23. The molecular weight excluding hydrogens is 390 g/mol. The summed E-state index contributed by atoms with van der Waals surface area (Å²) >= 11 is 6.00. The van der Waals surface area contributed by atoms with E-state index in [9.17, 15) is 10.0 Å². The maximum absolute atomic E-state index is 10.7. The lowest BCUT2D eigenvalue weighted by atomic mass is 9.77. The van der Waals surface area contributed by atoms with E-state index in [1.54, 1.807) is 12.1 Å². The van der Waals surface area contributed by atoms with E-state index in [2.05, 4.69) is 22.6 Å². The maximum Gasteiger partial charge on any atom is 0.404 e. The Balaban J connectivity index is 1.52. The zero-order valence-electron chi connectivity index (χ0n) is 16.2. The zero-order valence-corrected chi connectivity index (χ0v) is 16.9. The lowest BCUT2D eigenvalue weighted by molar-refractivity contribution is 0.150. The molecule has 0 atom stereocenters. The molecule has 0 unspecified atom stereocenters. The third-order valence-electron chi connectivity index (χ3n) is 5.36. The molecule has 0 bridgehead atoms. The van der Waals surface area contributed by atoms with Crippen LogP contribution in [0.15, 0.2) is 53.5 Å². The summed E-state index contributed by atoms with van der Waals surface area (Å²) in [5.74, 6) is 1.56. The van der Waals surface area contributed by atoms with Crippen molar-refractivity contribution in [3.05, 3.63) is 64.7 Å². The number of hydrogen-bond acceptors (Lipinski definition) is 4. The van der Waals surface area contributed by atoms with Crippen LogP contribution in [0, 0.1) is 5.92 Å². The van der Waals surface area contributed by atoms with E-state index in [-0.39, 0.29) is 6.61 Å². The molecule has 1 amide bonds. The van der Waals surface area contributed by atoms with Gasteiger partial charge in [0.1, 0.15) is 12.4 Å². The van der Waals surface area contributed by atoms with Crippen LogP contribution in [-0.2, 0) is 11.3 Å². The Morgan fingerprint density at radius 2 is 1.90 bits per heavy atom. The van der Waals surface area contributed by atoms with Crippen LogP contribution in [0.1, 0.15) is 49.1 Å². The molecule has 6 nitrogen and oxygen atoms in total. The molecule has 0 spiro atoms. The quantitative estimate of drug-likeness (QED) is 0.338. The summed E-state index contributed by atoms with van der Waals surface area (Å²) in [6.07, 6.45) is 4.29. The molecule has 1 saturated carbocycles. The fraction of sp³-hybridized carbons (Fsp3) is 0.364. The molecule has 1 aliphatic rings. The molecule has 0 heterocycles. The third-order valence-corrected chi connectivity index (χ3v) is 5.60. The molecule has 1 aliphatic carbocycles. The van der Waals surface area contributed by atoms with E-state index in [0.717, 1.165) is 36.9 Å². The average molecular weight is 416 g/mol. The molecular formula is C22H26ClN3O3. The second-order valence-corrected chi connectivity index (χ2v) is 7.86. The van der Waals surface area contributed by atoms with Crippen LogP contribution in [0.4, 0.5) is 10.5 Å². The number of halogens is 1. The lowest BCUT2D eigenvalue weighted by Gasteiger charge is -2.29. The van der Waals surface area contributed by atoms with Gasteiger partial charge in [-0.3, -0.25) is 10.7 Å². The Hall–Kier alpha value is -2.57. The highest BCUT2D eigenvalue weighted by Crippen LogP contribution is 2.37. The van der Waals surface area contributed by atoms with Gasteiger partial charge in [0.25, 0.3) is 0 Å². The van der Waals surface area contributed by atoms with E-state index in [1.165, 1.54) is 5.56 Å². The van der Waals surface area contributed by atoms with Crippen molar-refractivity contribution >= 4 is 29.2 Å². The van der Waals surface area contributed by atoms with Crippen LogP contribution < -0.4 is 11.2 Å². The van der Waals surface area contributed by atoms with Crippen molar-refractivity contribution in [3.8, 4) is 0 Å². The van der Waals surface area contributed by atoms with Crippen molar-refractivity contribution in [2.75, 3.05) is 0 Å². The Morgan fingerprint density at radius 1 is 1.17 bits per heavy atom. The standard InChI is InChI=1S/C22H26ClN3O3/c23-19-2-1-3-20(13-19)25-21(26-28)12-15-4-8-17(9-5-15)18-10-6-16(7-11-18)14-29-22(24)27/h1-3,6-7,10-11,13,15,17,28H,4-5,8-9,12,14H2,(H2,24,27)(H,25,26). The number of carbonyl (C=O) groups is 1. The molecule has 2 aromatic carbocycles. The smallest absolute Gasteiger partial charge is 0.404 e. The first kappa shape index (κ1) is 21.1. The van der Waals surface area contributed by atoms with Gasteiger partial charge in [-0.1, -0.05) is 41.9 Å². The van der Waals surface area contributed by atoms with Crippen LogP contribution in [0.5, 0.6) is 0 Å². The summed E-state index contributed by atoms with van der Waals surface area (Å²) in [6.45, 7) is 0.200. The number of amidine groups is 1. The minimum Gasteiger partial charge on any atom is -0.445 e. The van der Waals surface area contributed by atoms with Gasteiger partial charge >= 0.3 is 6.09 Å². The lowest BCUT2D eigenvalue weighted by Crippen LogP contribution is -2.24. The summed E-state index contributed by atoms with van der Waals surface area (Å²) in [4.78, 5) is 15.2. The molecule has 4 N–H and O–H groups in total. The number of nitrogens with one attached hydrogen (secondary N) is 1. The first-order chi connectivity index (χ1) is 14.0. The van der Waals surface area contributed by atoms with Gasteiger partial charge in [0.15, 0.2) is 0 Å². The Kier molecular flexibility index (Phi) is 7.49. The van der Waals surface area contributed by atoms with Crippen LogP contribution in [0.25, 0.3) is 0 Å². The van der Waals surface area contributed by atoms with E-state index in [1.807, 2.05) is 24.3 Å². The molecule has 0 aromatic heterocycles. The normalized spacial score (nSPS) is 19.6. The van der Waals surface area contributed by atoms with Crippen LogP contribution in [0.3, 0.4) is 0 Å². The number of carbonyl (C=O) groups excluding carboxylic acids is 1. The van der Waals surface area contributed by atoms with Crippen LogP contribution in [0.2, 0.25) is 5.02 Å². The molecule has 154 valence electrons. The van der Waals surface area contributed by atoms with Gasteiger partial charge in [-0.2, -0.15) is 0 Å². The van der Waals surface area contributed by atoms with Gasteiger partial charge in [-0.25, -0.2) is 9.79 Å². The molecule has 2 aromatic rings. The molecule has 3 rings (SSSR count). The van der Waals surface area contributed by atoms with Crippen molar-refractivity contribution in [2.45, 2.75) is 44.6 Å². The molecule has 7 heteroatoms. The highest BCUT2D eigenvalue weighted by atomic mass is 35.5. The highest BCUT2D eigenvalue weighted by molar-refractivity contribution is 6.30. The number of benzene rings is 2. The fourth-order valence-corrected chi connectivity index (χ4v) is 4.02. The van der Waals surface area contributed by atoms with Gasteiger partial charge < -0.3 is 10.5 Å². The molecule has 0 aliphatic heterocycles. The number of amides is 1. The predicted molar refractivity (Wildman–Crippen MR) is 114 cm³/mol. The van der Waals surface area contributed by atoms with Crippen LogP contribution >= 0.6 is 11.6 Å². The van der Waals surface area contributed by atoms with Crippen molar-refractivity contribution in [1.29, 1.82) is 0 Å². The average Bonchev–Trinajstić information content (AvgIpc) is 2.73. The predicted octanol–water partition coefficient (Wildman–Crippen LogP) is 5.31. The Bertz CT molecular complexity index is 847. The SMILES string of the molecule is NC(=O)OCc1ccc(C2CCC(CC(=Nc3cccc(Cl)c3)NO)CC2)cc1. The Labute approximate surface area is 175 Å². The number of ether oxygens (including phenoxy) is 1. The summed E-state index contributed by atoms with van der Waals surface area (Å²) in [5.41, 5.74) is 10.2. The zero-order chi connectivity index (χ0) is 20.6. The fourth-order valence-electron chi connectivity index (χ4n) is 3.83. The van der Waals surface area contributed by atoms with Crippen molar-refractivity contribution in [3.63, 3.8) is 0 Å². The topological polar surface area (TPSA) is 96.9 Å². The number of primary amides is 1. The molecule has 0 saturated heterocycles. The number of rotatable bonds is 6. The Morgan fingerprint density at radius 3 is 2.52 bits per heavy atom. The second-order valence-electron chi connectivity index (χ2n) is 7.42. The number of aliphatic imine (C=N–C) groups is 1. The molecule has 1 fully saturated rings. The number of hydroxylamine groups is 1. The maximum atomic E-state index is 10.7. The summed E-state index contributed by atoms with van der Waals surface area (Å²) in [5, 5.41) is 10.1. The van der Waals surface area contributed by atoms with Crippen molar-refractivity contribution in [2.24, 2.45) is 16.6 Å². The third kappa shape index (κ3) is 6.48. The largest absolute Gasteiger partial charge is 0.445 e. The van der Waals surface area contributed by atoms with Crippen molar-refractivity contribution < 1.29 is 14.7 Å². The van der Waals surface area contributed by atoms with E-state index >= 15 is 0 Å². The minimum absolute atomic E-state index is 0.200. The first-order valence-electron chi connectivity index (χ1n) is 9.78. The first-order valence-corrected chi connectivity index (χ1v) is 10.2. The minimum atomic E-state index is -0.761. The van der Waals surface area contributed by atoms with Gasteiger partial charge in [0.2, 0.25) is 0 Å². The summed E-state index contributed by atoms with van der Waals surface area (Å²) in [7, 11) is 0. The van der Waals surface area contributed by atoms with E-state index in [4.69, 9.17) is 22.1 Å². The number of nitrogens with zero attached hydrogens (tertiary/aromatic N) is 1. The van der Waals surface area contributed by atoms with Crippen LogP contribution in [-0.4, -0.2) is 17.1 Å². The second kappa shape index (κ2) is 10.3. The molecule has 29 heavy (non-hydrogen) atoms. The van der Waals surface area contributed by atoms with Gasteiger partial charge in [-0.15, -0.1) is 0 Å².